The summed E-state index contributed by atoms with van der Waals surface area (Å²) in [6, 6.07) is 24.0. The zero-order valence-corrected chi connectivity index (χ0v) is 20.5. The van der Waals surface area contributed by atoms with Crippen molar-refractivity contribution in [2.75, 3.05) is 32.1 Å². The zero-order chi connectivity index (χ0) is 23.4. The van der Waals surface area contributed by atoms with Gasteiger partial charge in [-0.25, -0.2) is 13.1 Å². The van der Waals surface area contributed by atoms with Crippen LogP contribution in [0.15, 0.2) is 77.7 Å². The fourth-order valence-corrected chi connectivity index (χ4v) is 5.45. The van der Waals surface area contributed by atoms with Crippen LogP contribution in [0, 0.1) is 0 Å². The minimum absolute atomic E-state index is 0.0562. The Hall–Kier alpha value is -2.67. The van der Waals surface area contributed by atoms with Crippen molar-refractivity contribution in [3.63, 3.8) is 0 Å². The first-order valence-electron chi connectivity index (χ1n) is 11.5. The van der Waals surface area contributed by atoms with E-state index < -0.39 is 10.0 Å². The molecule has 0 fully saturated rings. The van der Waals surface area contributed by atoms with Gasteiger partial charge in [0.1, 0.15) is 0 Å². The Balaban J connectivity index is 1.58. The van der Waals surface area contributed by atoms with E-state index in [4.69, 9.17) is 0 Å². The standard InChI is InChI=1S/C27H33N3O2S/c1-4-21-9-15-26(16-10-21)33(31,32)28-19-27(23-11-13-25(14-12-23)29(2)3)30-18-17-22-7-5-6-8-24(22)20-30/h5-16,27-28H,4,17-20H2,1-3H3/t27-/m0/s1. The summed E-state index contributed by atoms with van der Waals surface area (Å²) in [5.41, 5.74) is 6.06. The van der Waals surface area contributed by atoms with Gasteiger partial charge in [-0.1, -0.05) is 55.5 Å². The number of fused-ring (bicyclic) bond motifs is 1. The molecule has 174 valence electrons. The van der Waals surface area contributed by atoms with Gasteiger partial charge in [0.25, 0.3) is 0 Å². The molecule has 0 unspecified atom stereocenters. The van der Waals surface area contributed by atoms with Crippen LogP contribution in [-0.4, -0.2) is 40.5 Å². The SMILES string of the molecule is CCc1ccc(S(=O)(=O)NC[C@@H](c2ccc(N(C)C)cc2)N2CCc3ccccc3C2)cc1. The predicted molar refractivity (Wildman–Crippen MR) is 135 cm³/mol. The first kappa shape index (κ1) is 23.5. The van der Waals surface area contributed by atoms with Crippen LogP contribution in [0.1, 0.15) is 35.2 Å². The number of hydrogen-bond acceptors (Lipinski definition) is 4. The van der Waals surface area contributed by atoms with Crippen molar-refractivity contribution in [3.05, 3.63) is 95.1 Å². The molecule has 0 radical (unpaired) electrons. The molecule has 3 aromatic rings. The Morgan fingerprint density at radius 1 is 0.939 bits per heavy atom. The van der Waals surface area contributed by atoms with Crippen LogP contribution in [0.3, 0.4) is 0 Å². The summed E-state index contributed by atoms with van der Waals surface area (Å²) >= 11 is 0. The van der Waals surface area contributed by atoms with Gasteiger partial charge in [-0.2, -0.15) is 0 Å². The maximum absolute atomic E-state index is 13.1. The molecule has 3 aromatic carbocycles. The van der Waals surface area contributed by atoms with E-state index in [1.807, 2.05) is 26.2 Å². The highest BCUT2D eigenvalue weighted by Crippen LogP contribution is 2.29. The number of anilines is 1. The fourth-order valence-electron chi connectivity index (χ4n) is 4.41. The number of sulfonamides is 1. The van der Waals surface area contributed by atoms with Crippen molar-refractivity contribution < 1.29 is 8.42 Å². The number of hydrogen-bond donors (Lipinski definition) is 1. The lowest BCUT2D eigenvalue weighted by Gasteiger charge is -2.36. The molecule has 1 aliphatic heterocycles. The zero-order valence-electron chi connectivity index (χ0n) is 19.7. The molecule has 0 aromatic heterocycles. The monoisotopic (exact) mass is 463 g/mol. The molecule has 4 rings (SSSR count). The molecule has 0 bridgehead atoms. The van der Waals surface area contributed by atoms with Gasteiger partial charge in [0.2, 0.25) is 10.0 Å². The van der Waals surface area contributed by atoms with Crippen LogP contribution in [-0.2, 0) is 29.4 Å². The highest BCUT2D eigenvalue weighted by molar-refractivity contribution is 7.89. The van der Waals surface area contributed by atoms with E-state index in [9.17, 15) is 8.42 Å². The van der Waals surface area contributed by atoms with E-state index in [-0.39, 0.29) is 6.04 Å². The second kappa shape index (κ2) is 10.1. The molecular formula is C27H33N3O2S. The van der Waals surface area contributed by atoms with Crippen molar-refractivity contribution in [1.82, 2.24) is 9.62 Å². The Morgan fingerprint density at radius 2 is 1.61 bits per heavy atom. The third kappa shape index (κ3) is 5.46. The second-order valence-corrected chi connectivity index (χ2v) is 10.6. The van der Waals surface area contributed by atoms with Crippen molar-refractivity contribution in [2.24, 2.45) is 0 Å². The topological polar surface area (TPSA) is 52.7 Å². The summed E-state index contributed by atoms with van der Waals surface area (Å²) < 4.78 is 29.0. The lowest BCUT2D eigenvalue weighted by molar-refractivity contribution is 0.180. The van der Waals surface area contributed by atoms with Crippen molar-refractivity contribution in [3.8, 4) is 0 Å². The number of rotatable bonds is 8. The van der Waals surface area contributed by atoms with Gasteiger partial charge in [0.15, 0.2) is 0 Å². The average molecular weight is 464 g/mol. The van der Waals surface area contributed by atoms with Crippen molar-refractivity contribution in [2.45, 2.75) is 37.2 Å². The van der Waals surface area contributed by atoms with Gasteiger partial charge in [-0.05, 0) is 59.4 Å². The molecule has 0 aliphatic carbocycles. The molecule has 1 aliphatic rings. The smallest absolute Gasteiger partial charge is 0.240 e. The second-order valence-electron chi connectivity index (χ2n) is 8.84. The van der Waals surface area contributed by atoms with E-state index in [2.05, 4.69) is 70.0 Å². The summed E-state index contributed by atoms with van der Waals surface area (Å²) in [5, 5.41) is 0. The normalized spacial score (nSPS) is 15.1. The van der Waals surface area contributed by atoms with E-state index >= 15 is 0 Å². The maximum Gasteiger partial charge on any atom is 0.240 e. The van der Waals surface area contributed by atoms with Crippen LogP contribution in [0.25, 0.3) is 0 Å². The summed E-state index contributed by atoms with van der Waals surface area (Å²) in [4.78, 5) is 4.76. The largest absolute Gasteiger partial charge is 0.378 e. The molecule has 1 atom stereocenters. The van der Waals surface area contributed by atoms with Crippen LogP contribution >= 0.6 is 0 Å². The lowest BCUT2D eigenvalue weighted by atomic mass is 9.96. The first-order valence-corrected chi connectivity index (χ1v) is 13.0. The lowest BCUT2D eigenvalue weighted by Crippen LogP contribution is -2.40. The predicted octanol–water partition coefficient (Wildman–Crippen LogP) is 4.39. The third-order valence-electron chi connectivity index (χ3n) is 6.50. The first-order chi connectivity index (χ1) is 15.9. The highest BCUT2D eigenvalue weighted by atomic mass is 32.2. The summed E-state index contributed by atoms with van der Waals surface area (Å²) in [7, 11) is 0.446. The minimum Gasteiger partial charge on any atom is -0.378 e. The van der Waals surface area contributed by atoms with E-state index in [0.29, 0.717) is 11.4 Å². The number of aryl methyl sites for hydroxylation is 1. The Labute approximate surface area is 198 Å². The molecular weight excluding hydrogens is 430 g/mol. The minimum atomic E-state index is -3.59. The van der Waals surface area contributed by atoms with Gasteiger partial charge in [0.05, 0.1) is 4.90 Å². The molecule has 5 nitrogen and oxygen atoms in total. The molecule has 6 heteroatoms. The molecule has 33 heavy (non-hydrogen) atoms. The molecule has 0 spiro atoms. The number of nitrogens with zero attached hydrogens (tertiary/aromatic N) is 2. The quantitative estimate of drug-likeness (QED) is 0.538. The van der Waals surface area contributed by atoms with E-state index in [1.165, 1.54) is 11.1 Å². The molecule has 0 saturated carbocycles. The van der Waals surface area contributed by atoms with Gasteiger partial charge >= 0.3 is 0 Å². The van der Waals surface area contributed by atoms with Gasteiger partial charge < -0.3 is 4.90 Å². The van der Waals surface area contributed by atoms with Gasteiger partial charge in [-0.3, -0.25) is 4.90 Å². The Bertz CT molecular complexity index is 1170. The average Bonchev–Trinajstić information content (AvgIpc) is 2.84. The van der Waals surface area contributed by atoms with Gasteiger partial charge in [0, 0.05) is 45.5 Å². The van der Waals surface area contributed by atoms with Crippen molar-refractivity contribution >= 4 is 15.7 Å². The fraction of sp³-hybridized carbons (Fsp3) is 0.333. The van der Waals surface area contributed by atoms with Crippen LogP contribution < -0.4 is 9.62 Å². The Kier molecular flexibility index (Phi) is 7.17. The van der Waals surface area contributed by atoms with Crippen molar-refractivity contribution in [1.29, 1.82) is 0 Å². The van der Waals surface area contributed by atoms with E-state index in [1.54, 1.807) is 12.1 Å². The summed E-state index contributed by atoms with van der Waals surface area (Å²) in [6.07, 6.45) is 1.85. The molecule has 0 amide bonds. The highest BCUT2D eigenvalue weighted by Gasteiger charge is 2.26. The third-order valence-corrected chi connectivity index (χ3v) is 7.94. The van der Waals surface area contributed by atoms with Crippen LogP contribution in [0.4, 0.5) is 5.69 Å². The van der Waals surface area contributed by atoms with Gasteiger partial charge in [-0.15, -0.1) is 0 Å². The summed E-state index contributed by atoms with van der Waals surface area (Å²) in [5.74, 6) is 0. The summed E-state index contributed by atoms with van der Waals surface area (Å²) in [6.45, 7) is 4.08. The molecule has 1 N–H and O–H groups in total. The van der Waals surface area contributed by atoms with Crippen LogP contribution in [0.2, 0.25) is 0 Å². The number of nitrogens with one attached hydrogen (secondary N) is 1. The Morgan fingerprint density at radius 3 is 2.24 bits per heavy atom. The molecule has 1 heterocycles. The maximum atomic E-state index is 13.1. The van der Waals surface area contributed by atoms with Crippen LogP contribution in [0.5, 0.6) is 0 Å². The molecule has 0 saturated heterocycles. The van der Waals surface area contributed by atoms with E-state index in [0.717, 1.165) is 42.7 Å². The number of benzene rings is 3.